The standard InChI is InChI=1S/C9H17N3O2/c1-6(7(10)12-14)8(13)11-5-9(2)3-4-9/h6,14H,3-5H2,1-2H3,(H2,10,12)(H,11,13). The van der Waals surface area contributed by atoms with Crippen molar-refractivity contribution in [3.63, 3.8) is 0 Å². The van der Waals surface area contributed by atoms with Gasteiger partial charge in [0.15, 0.2) is 5.84 Å². The van der Waals surface area contributed by atoms with Crippen molar-refractivity contribution < 1.29 is 10.0 Å². The van der Waals surface area contributed by atoms with Gasteiger partial charge in [-0.05, 0) is 25.2 Å². The van der Waals surface area contributed by atoms with Gasteiger partial charge in [0.1, 0.15) is 0 Å². The molecule has 0 heterocycles. The number of nitrogens with zero attached hydrogens (tertiary/aromatic N) is 1. The third-order valence-electron chi connectivity index (χ3n) is 2.75. The van der Waals surface area contributed by atoms with Gasteiger partial charge in [-0.2, -0.15) is 0 Å². The second-order valence-electron chi connectivity index (χ2n) is 4.28. The fraction of sp³-hybridized carbons (Fsp3) is 0.778. The van der Waals surface area contributed by atoms with Gasteiger partial charge in [0.2, 0.25) is 5.91 Å². The number of carbonyl (C=O) groups excluding carboxylic acids is 1. The Morgan fingerprint density at radius 1 is 1.71 bits per heavy atom. The van der Waals surface area contributed by atoms with Gasteiger partial charge in [0, 0.05) is 6.54 Å². The van der Waals surface area contributed by atoms with Crippen LogP contribution in [0.25, 0.3) is 0 Å². The Morgan fingerprint density at radius 3 is 2.71 bits per heavy atom. The maximum absolute atomic E-state index is 11.4. The lowest BCUT2D eigenvalue weighted by Gasteiger charge is -2.13. The van der Waals surface area contributed by atoms with Crippen LogP contribution >= 0.6 is 0 Å². The summed E-state index contributed by atoms with van der Waals surface area (Å²) in [5.74, 6) is -0.806. The lowest BCUT2D eigenvalue weighted by molar-refractivity contribution is -0.122. The molecule has 4 N–H and O–H groups in total. The number of amidine groups is 1. The second-order valence-corrected chi connectivity index (χ2v) is 4.28. The van der Waals surface area contributed by atoms with E-state index in [1.807, 2.05) is 0 Å². The molecule has 1 fully saturated rings. The molecule has 0 radical (unpaired) electrons. The Morgan fingerprint density at radius 2 is 2.29 bits per heavy atom. The minimum atomic E-state index is -0.567. The fourth-order valence-electron chi connectivity index (χ4n) is 1.06. The largest absolute Gasteiger partial charge is 0.409 e. The fourth-order valence-corrected chi connectivity index (χ4v) is 1.06. The summed E-state index contributed by atoms with van der Waals surface area (Å²) in [5.41, 5.74) is 5.59. The first kappa shape index (κ1) is 10.8. The van der Waals surface area contributed by atoms with Crippen LogP contribution in [0.2, 0.25) is 0 Å². The molecule has 5 nitrogen and oxygen atoms in total. The number of oxime groups is 1. The smallest absolute Gasteiger partial charge is 0.230 e. The molecule has 1 aliphatic carbocycles. The van der Waals surface area contributed by atoms with Gasteiger partial charge >= 0.3 is 0 Å². The lowest BCUT2D eigenvalue weighted by atomic mass is 10.1. The van der Waals surface area contributed by atoms with E-state index in [9.17, 15) is 4.79 Å². The maximum atomic E-state index is 11.4. The van der Waals surface area contributed by atoms with E-state index in [-0.39, 0.29) is 17.2 Å². The van der Waals surface area contributed by atoms with Crippen molar-refractivity contribution in [1.82, 2.24) is 5.32 Å². The van der Waals surface area contributed by atoms with E-state index in [4.69, 9.17) is 10.9 Å². The quantitative estimate of drug-likeness (QED) is 0.263. The van der Waals surface area contributed by atoms with Crippen LogP contribution < -0.4 is 11.1 Å². The van der Waals surface area contributed by atoms with Gasteiger partial charge in [0.05, 0.1) is 5.92 Å². The number of nitrogens with two attached hydrogens (primary N) is 1. The second kappa shape index (κ2) is 3.86. The molecule has 1 unspecified atom stereocenters. The third-order valence-corrected chi connectivity index (χ3v) is 2.75. The normalized spacial score (nSPS) is 21.4. The number of carbonyl (C=O) groups is 1. The summed E-state index contributed by atoms with van der Waals surface area (Å²) in [6.07, 6.45) is 2.32. The van der Waals surface area contributed by atoms with Gasteiger partial charge in [-0.1, -0.05) is 12.1 Å². The molecule has 0 aromatic carbocycles. The summed E-state index contributed by atoms with van der Waals surface area (Å²) in [5, 5.41) is 14.0. The molecule has 0 spiro atoms. The Labute approximate surface area is 83.3 Å². The average molecular weight is 199 g/mol. The molecule has 1 aliphatic rings. The zero-order valence-electron chi connectivity index (χ0n) is 8.58. The SMILES string of the molecule is CC(C(=O)NCC1(C)CC1)C(N)=NO. The number of nitrogens with one attached hydrogen (secondary N) is 1. The molecule has 0 aliphatic heterocycles. The Kier molecular flexibility index (Phi) is 2.98. The van der Waals surface area contributed by atoms with E-state index in [2.05, 4.69) is 17.4 Å². The molecular weight excluding hydrogens is 182 g/mol. The molecule has 1 amide bonds. The molecule has 0 saturated heterocycles. The topological polar surface area (TPSA) is 87.7 Å². The first-order valence-electron chi connectivity index (χ1n) is 4.74. The molecule has 0 aromatic rings. The summed E-state index contributed by atoms with van der Waals surface area (Å²) in [7, 11) is 0. The summed E-state index contributed by atoms with van der Waals surface area (Å²) >= 11 is 0. The molecule has 80 valence electrons. The van der Waals surface area contributed by atoms with E-state index in [0.29, 0.717) is 6.54 Å². The van der Waals surface area contributed by atoms with Gasteiger partial charge in [-0.25, -0.2) is 0 Å². The highest BCUT2D eigenvalue weighted by atomic mass is 16.4. The predicted octanol–water partition coefficient (Wildman–Crippen LogP) is 0.285. The summed E-state index contributed by atoms with van der Waals surface area (Å²) < 4.78 is 0. The maximum Gasteiger partial charge on any atom is 0.230 e. The molecule has 1 saturated carbocycles. The van der Waals surface area contributed by atoms with Crippen LogP contribution in [0.4, 0.5) is 0 Å². The van der Waals surface area contributed by atoms with Crippen molar-refractivity contribution in [3.05, 3.63) is 0 Å². The van der Waals surface area contributed by atoms with Crippen LogP contribution in [0.15, 0.2) is 5.16 Å². The van der Waals surface area contributed by atoms with E-state index in [1.54, 1.807) is 6.92 Å². The van der Waals surface area contributed by atoms with Crippen molar-refractivity contribution in [3.8, 4) is 0 Å². The van der Waals surface area contributed by atoms with Crippen molar-refractivity contribution in [1.29, 1.82) is 0 Å². The highest BCUT2D eigenvalue weighted by Crippen LogP contribution is 2.44. The zero-order valence-corrected chi connectivity index (χ0v) is 8.58. The average Bonchev–Trinajstić information content (AvgIpc) is 2.91. The van der Waals surface area contributed by atoms with Crippen LogP contribution in [-0.2, 0) is 4.79 Å². The lowest BCUT2D eigenvalue weighted by Crippen LogP contribution is -2.39. The molecule has 0 aromatic heterocycles. The highest BCUT2D eigenvalue weighted by Gasteiger charge is 2.37. The molecule has 5 heteroatoms. The van der Waals surface area contributed by atoms with Crippen LogP contribution in [-0.4, -0.2) is 23.5 Å². The van der Waals surface area contributed by atoms with E-state index >= 15 is 0 Å². The predicted molar refractivity (Wildman–Crippen MR) is 52.9 cm³/mol. The summed E-state index contributed by atoms with van der Waals surface area (Å²) in [6, 6.07) is 0. The minimum absolute atomic E-state index is 0.0524. The van der Waals surface area contributed by atoms with E-state index in [1.165, 1.54) is 0 Å². The van der Waals surface area contributed by atoms with Gasteiger partial charge in [-0.3, -0.25) is 4.79 Å². The van der Waals surface area contributed by atoms with E-state index < -0.39 is 5.92 Å². The highest BCUT2D eigenvalue weighted by molar-refractivity contribution is 6.01. The molecule has 1 rings (SSSR count). The Balaban J connectivity index is 2.34. The van der Waals surface area contributed by atoms with Gasteiger partial charge in [0.25, 0.3) is 0 Å². The van der Waals surface area contributed by atoms with Crippen LogP contribution in [0.3, 0.4) is 0 Å². The van der Waals surface area contributed by atoms with Crippen molar-refractivity contribution in [2.75, 3.05) is 6.54 Å². The van der Waals surface area contributed by atoms with Crippen LogP contribution in [0.5, 0.6) is 0 Å². The number of hydrogen-bond donors (Lipinski definition) is 3. The first-order valence-corrected chi connectivity index (χ1v) is 4.74. The molecule has 1 atom stereocenters. The van der Waals surface area contributed by atoms with Crippen molar-refractivity contribution >= 4 is 11.7 Å². The number of amides is 1. The van der Waals surface area contributed by atoms with E-state index in [0.717, 1.165) is 12.8 Å². The van der Waals surface area contributed by atoms with Crippen LogP contribution in [0.1, 0.15) is 26.7 Å². The van der Waals surface area contributed by atoms with Crippen molar-refractivity contribution in [2.45, 2.75) is 26.7 Å². The Hall–Kier alpha value is -1.26. The molecule has 0 bridgehead atoms. The number of rotatable bonds is 4. The minimum Gasteiger partial charge on any atom is -0.409 e. The first-order chi connectivity index (χ1) is 6.48. The molecular formula is C9H17N3O2. The summed E-state index contributed by atoms with van der Waals surface area (Å²) in [6.45, 7) is 4.41. The van der Waals surface area contributed by atoms with Crippen molar-refractivity contribution in [2.24, 2.45) is 22.2 Å². The summed E-state index contributed by atoms with van der Waals surface area (Å²) in [4.78, 5) is 11.4. The zero-order chi connectivity index (χ0) is 10.8. The third kappa shape index (κ3) is 2.61. The van der Waals surface area contributed by atoms with Gasteiger partial charge < -0.3 is 16.3 Å². The molecule has 14 heavy (non-hydrogen) atoms. The van der Waals surface area contributed by atoms with Crippen LogP contribution in [0, 0.1) is 11.3 Å². The monoisotopic (exact) mass is 199 g/mol. The Bertz CT molecular complexity index is 259. The van der Waals surface area contributed by atoms with Gasteiger partial charge in [-0.15, -0.1) is 0 Å². The number of hydrogen-bond acceptors (Lipinski definition) is 3.